The highest BCUT2D eigenvalue weighted by Crippen LogP contribution is 2.26. The van der Waals surface area contributed by atoms with Crippen LogP contribution in [0, 0.1) is 0 Å². The van der Waals surface area contributed by atoms with Gasteiger partial charge in [-0.1, -0.05) is 18.2 Å². The summed E-state index contributed by atoms with van der Waals surface area (Å²) in [5, 5.41) is 16.4. The van der Waals surface area contributed by atoms with Crippen LogP contribution in [0.25, 0.3) is 22.1 Å². The maximum absolute atomic E-state index is 12.9. The minimum atomic E-state index is -0.177. The molecular weight excluding hydrogens is 482 g/mol. The van der Waals surface area contributed by atoms with Crippen molar-refractivity contribution in [2.45, 2.75) is 0 Å². The Morgan fingerprint density at radius 2 is 1.71 bits per heavy atom. The normalized spacial score (nSPS) is 14.2. The summed E-state index contributed by atoms with van der Waals surface area (Å²) < 4.78 is 0. The van der Waals surface area contributed by atoms with Crippen molar-refractivity contribution in [1.29, 1.82) is 0 Å². The minimum absolute atomic E-state index is 0.154. The number of para-hydroxylation sites is 1. The summed E-state index contributed by atoms with van der Waals surface area (Å²) in [5.41, 5.74) is 4.08. The van der Waals surface area contributed by atoms with Gasteiger partial charge in [0.15, 0.2) is 17.0 Å². The maximum Gasteiger partial charge on any atom is 0.257 e. The Morgan fingerprint density at radius 1 is 0.947 bits per heavy atom. The highest BCUT2D eigenvalue weighted by molar-refractivity contribution is 6.12. The lowest BCUT2D eigenvalue weighted by molar-refractivity contribution is 0.102. The number of H-pyrrole nitrogens is 1. The number of nitrogens with one attached hydrogen (secondary N) is 3. The average Bonchev–Trinajstić information content (AvgIpc) is 3.39. The van der Waals surface area contributed by atoms with E-state index in [1.165, 1.54) is 0 Å². The van der Waals surface area contributed by atoms with Crippen LogP contribution in [0.5, 0.6) is 0 Å². The molecule has 1 fully saturated rings. The van der Waals surface area contributed by atoms with E-state index in [0.29, 0.717) is 40.7 Å². The number of aliphatic hydroxyl groups excluding tert-OH is 1. The third kappa shape index (κ3) is 4.84. The highest BCUT2D eigenvalue weighted by Gasteiger charge is 2.21. The first-order valence-electron chi connectivity index (χ1n) is 12.5. The Kier molecular flexibility index (Phi) is 6.51. The average molecular weight is 510 g/mol. The van der Waals surface area contributed by atoms with Gasteiger partial charge in [0.25, 0.3) is 5.91 Å². The van der Waals surface area contributed by atoms with E-state index in [0.717, 1.165) is 42.8 Å². The largest absolute Gasteiger partial charge is 0.395 e. The molecule has 4 heterocycles. The fraction of sp³-hybridized carbons (Fsp3) is 0.222. The van der Waals surface area contributed by atoms with Gasteiger partial charge in [0.05, 0.1) is 12.2 Å². The van der Waals surface area contributed by atoms with Gasteiger partial charge in [-0.15, -0.1) is 0 Å². The number of rotatable bonds is 7. The Bertz CT molecular complexity index is 1580. The van der Waals surface area contributed by atoms with Crippen LogP contribution in [0.2, 0.25) is 0 Å². The number of aromatic nitrogens is 5. The van der Waals surface area contributed by atoms with E-state index in [-0.39, 0.29) is 12.5 Å². The number of fused-ring (bicyclic) bond motifs is 2. The second kappa shape index (κ2) is 10.4. The van der Waals surface area contributed by atoms with Crippen LogP contribution in [0.1, 0.15) is 10.4 Å². The number of hydrogen-bond acceptors (Lipinski definition) is 9. The Morgan fingerprint density at radius 3 is 2.53 bits per heavy atom. The molecule has 11 nitrogen and oxygen atoms in total. The van der Waals surface area contributed by atoms with E-state index >= 15 is 0 Å². The molecule has 1 saturated heterocycles. The summed E-state index contributed by atoms with van der Waals surface area (Å²) in [6.07, 6.45) is 4.96. The van der Waals surface area contributed by atoms with Crippen molar-refractivity contribution >= 4 is 51.1 Å². The van der Waals surface area contributed by atoms with Crippen LogP contribution in [-0.2, 0) is 0 Å². The summed E-state index contributed by atoms with van der Waals surface area (Å²) in [5.74, 6) is 0.974. The molecule has 4 N–H and O–H groups in total. The number of carbonyl (C=O) groups excluding carboxylic acids is 1. The van der Waals surface area contributed by atoms with Gasteiger partial charge < -0.3 is 25.6 Å². The zero-order valence-corrected chi connectivity index (χ0v) is 20.6. The fourth-order valence-corrected chi connectivity index (χ4v) is 4.63. The molecule has 0 spiro atoms. The fourth-order valence-electron chi connectivity index (χ4n) is 4.63. The second-order valence-electron chi connectivity index (χ2n) is 9.06. The minimum Gasteiger partial charge on any atom is -0.395 e. The Balaban J connectivity index is 1.19. The van der Waals surface area contributed by atoms with Crippen LogP contribution in [0.15, 0.2) is 67.1 Å². The van der Waals surface area contributed by atoms with Crippen LogP contribution < -0.4 is 15.5 Å². The number of nitrogens with zero attached hydrogens (tertiary/aromatic N) is 6. The molecule has 2 aromatic carbocycles. The van der Waals surface area contributed by atoms with Gasteiger partial charge in [0.1, 0.15) is 0 Å². The molecule has 11 heteroatoms. The molecule has 3 aromatic heterocycles. The summed E-state index contributed by atoms with van der Waals surface area (Å²) >= 11 is 0. The zero-order valence-electron chi connectivity index (χ0n) is 20.6. The van der Waals surface area contributed by atoms with Gasteiger partial charge in [-0.25, -0.2) is 9.97 Å². The lowest BCUT2D eigenvalue weighted by Crippen LogP contribution is -2.47. The lowest BCUT2D eigenvalue weighted by Gasteiger charge is -2.34. The number of β-amino-alcohol motifs (C(OH)–C–C–N with tert-alkyl or cyclic N) is 1. The zero-order chi connectivity index (χ0) is 25.9. The van der Waals surface area contributed by atoms with E-state index in [2.05, 4.69) is 40.4 Å². The molecule has 0 atom stereocenters. The number of benzene rings is 2. The van der Waals surface area contributed by atoms with Crippen LogP contribution in [0.3, 0.4) is 0 Å². The first-order chi connectivity index (χ1) is 18.7. The van der Waals surface area contributed by atoms with E-state index in [1.807, 2.05) is 48.5 Å². The molecule has 0 saturated carbocycles. The SMILES string of the molecule is O=C(Nc1ccc(Nc2nc(N3CCN(CCO)CC3)nc3nccnc23)cc1)c1c[nH]c2ccccc12. The number of carbonyl (C=O) groups is 1. The van der Waals surface area contributed by atoms with Crippen molar-refractivity contribution in [2.75, 3.05) is 54.9 Å². The highest BCUT2D eigenvalue weighted by atomic mass is 16.3. The number of anilines is 4. The van der Waals surface area contributed by atoms with Crippen molar-refractivity contribution in [1.82, 2.24) is 29.8 Å². The van der Waals surface area contributed by atoms with Crippen molar-refractivity contribution in [3.05, 3.63) is 72.7 Å². The summed E-state index contributed by atoms with van der Waals surface area (Å²) in [7, 11) is 0. The number of aliphatic hydroxyl groups is 1. The molecule has 1 aliphatic rings. The monoisotopic (exact) mass is 509 g/mol. The van der Waals surface area contributed by atoms with Crippen molar-refractivity contribution < 1.29 is 9.90 Å². The summed E-state index contributed by atoms with van der Waals surface area (Å²) in [4.78, 5) is 38.6. The van der Waals surface area contributed by atoms with Gasteiger partial charge in [0, 0.05) is 73.6 Å². The summed E-state index contributed by atoms with van der Waals surface area (Å²) in [6.45, 7) is 4.00. The van der Waals surface area contributed by atoms with Crippen LogP contribution >= 0.6 is 0 Å². The lowest BCUT2D eigenvalue weighted by atomic mass is 10.1. The molecule has 0 radical (unpaired) electrons. The van der Waals surface area contributed by atoms with Crippen molar-refractivity contribution in [3.8, 4) is 0 Å². The number of aromatic amines is 1. The molecule has 38 heavy (non-hydrogen) atoms. The molecule has 0 bridgehead atoms. The van der Waals surface area contributed by atoms with Gasteiger partial charge in [-0.2, -0.15) is 9.97 Å². The van der Waals surface area contributed by atoms with E-state index in [4.69, 9.17) is 4.98 Å². The molecule has 5 aromatic rings. The first kappa shape index (κ1) is 23.8. The van der Waals surface area contributed by atoms with Crippen molar-refractivity contribution in [2.24, 2.45) is 0 Å². The third-order valence-corrected chi connectivity index (χ3v) is 6.63. The van der Waals surface area contributed by atoms with E-state index < -0.39 is 0 Å². The van der Waals surface area contributed by atoms with E-state index in [1.54, 1.807) is 18.6 Å². The van der Waals surface area contributed by atoms with Crippen LogP contribution in [0.4, 0.5) is 23.1 Å². The van der Waals surface area contributed by atoms with Gasteiger partial charge in [0.2, 0.25) is 5.95 Å². The molecule has 6 rings (SSSR count). The first-order valence-corrected chi connectivity index (χ1v) is 12.5. The third-order valence-electron chi connectivity index (χ3n) is 6.63. The van der Waals surface area contributed by atoms with E-state index in [9.17, 15) is 9.90 Å². The molecular formula is C27H27N9O2. The maximum atomic E-state index is 12.9. The molecule has 192 valence electrons. The quantitative estimate of drug-likeness (QED) is 0.261. The van der Waals surface area contributed by atoms with Gasteiger partial charge in [-0.05, 0) is 30.3 Å². The second-order valence-corrected chi connectivity index (χ2v) is 9.06. The predicted molar refractivity (Wildman–Crippen MR) is 147 cm³/mol. The summed E-state index contributed by atoms with van der Waals surface area (Å²) in [6, 6.07) is 15.1. The number of piperazine rings is 1. The van der Waals surface area contributed by atoms with Crippen LogP contribution in [-0.4, -0.2) is 80.2 Å². The Labute approximate surface area is 218 Å². The van der Waals surface area contributed by atoms with Crippen molar-refractivity contribution in [3.63, 3.8) is 0 Å². The molecule has 1 amide bonds. The number of hydrogen-bond donors (Lipinski definition) is 4. The Hall–Kier alpha value is -4.61. The predicted octanol–water partition coefficient (Wildman–Crippen LogP) is 3.01. The van der Waals surface area contributed by atoms with Gasteiger partial charge >= 0.3 is 0 Å². The smallest absolute Gasteiger partial charge is 0.257 e. The van der Waals surface area contributed by atoms with Gasteiger partial charge in [-0.3, -0.25) is 9.69 Å². The molecule has 0 aliphatic carbocycles. The molecule has 0 unspecified atom stereocenters. The molecule has 1 aliphatic heterocycles. The standard InChI is InChI=1S/C27H27N9O2/c37-16-15-35-11-13-36(14-12-35)27-33-24-23(28-9-10-29-24)25(34-27)31-18-5-7-19(8-6-18)32-26(38)21-17-30-22-4-2-1-3-20(21)22/h1-10,17,30,37H,11-16H2,(H,32,38)(H,29,31,33,34). The number of amides is 1. The topological polar surface area (TPSA) is 135 Å².